The van der Waals surface area contributed by atoms with Gasteiger partial charge in [-0.15, -0.1) is 0 Å². The lowest BCUT2D eigenvalue weighted by atomic mass is 9.63. The summed E-state index contributed by atoms with van der Waals surface area (Å²) in [5, 5.41) is 10.9. The SMILES string of the molecule is COC(=O)[C@@]1([C@H](CC(C)C)C[N+](=O)[O-])CCCCC1=O. The van der Waals surface area contributed by atoms with Crippen LogP contribution in [0.5, 0.6) is 0 Å². The summed E-state index contributed by atoms with van der Waals surface area (Å²) >= 11 is 0. The molecule has 6 nitrogen and oxygen atoms in total. The first-order chi connectivity index (χ1) is 9.34. The Morgan fingerprint density at radius 1 is 1.45 bits per heavy atom. The molecule has 0 amide bonds. The lowest BCUT2D eigenvalue weighted by Gasteiger charge is -2.38. The Bertz CT molecular complexity index is 383. The van der Waals surface area contributed by atoms with Gasteiger partial charge < -0.3 is 4.74 Å². The third-order valence-corrected chi connectivity index (χ3v) is 4.09. The molecule has 0 radical (unpaired) electrons. The van der Waals surface area contributed by atoms with E-state index < -0.39 is 22.2 Å². The quantitative estimate of drug-likeness (QED) is 0.323. The minimum atomic E-state index is -1.32. The number of hydrogen-bond acceptors (Lipinski definition) is 5. The second kappa shape index (κ2) is 6.81. The van der Waals surface area contributed by atoms with Gasteiger partial charge in [-0.05, 0) is 25.2 Å². The third-order valence-electron chi connectivity index (χ3n) is 4.09. The van der Waals surface area contributed by atoms with E-state index >= 15 is 0 Å². The third kappa shape index (κ3) is 3.35. The zero-order valence-corrected chi connectivity index (χ0v) is 12.4. The summed E-state index contributed by atoms with van der Waals surface area (Å²) in [4.78, 5) is 35.1. The monoisotopic (exact) mass is 285 g/mol. The number of nitro groups is 1. The zero-order chi connectivity index (χ0) is 15.3. The van der Waals surface area contributed by atoms with Gasteiger partial charge in [-0.25, -0.2) is 0 Å². The molecule has 0 bridgehead atoms. The van der Waals surface area contributed by atoms with E-state index in [1.54, 1.807) is 0 Å². The number of Topliss-reactive ketones (excluding diaryl/α,β-unsaturated/α-hetero) is 1. The number of nitrogens with zero attached hydrogens (tertiary/aromatic N) is 1. The van der Waals surface area contributed by atoms with Crippen LogP contribution in [0, 0.1) is 27.4 Å². The van der Waals surface area contributed by atoms with Crippen molar-refractivity contribution < 1.29 is 19.2 Å². The molecule has 0 unspecified atom stereocenters. The van der Waals surface area contributed by atoms with Crippen LogP contribution in [0.15, 0.2) is 0 Å². The van der Waals surface area contributed by atoms with Crippen molar-refractivity contribution in [2.75, 3.05) is 13.7 Å². The highest BCUT2D eigenvalue weighted by atomic mass is 16.6. The van der Waals surface area contributed by atoms with Gasteiger partial charge in [0.05, 0.1) is 7.11 Å². The summed E-state index contributed by atoms with van der Waals surface area (Å²) in [6.07, 6.45) is 2.62. The number of rotatable bonds is 6. The molecule has 1 aliphatic carbocycles. The number of esters is 1. The second-order valence-electron chi connectivity index (χ2n) is 5.93. The van der Waals surface area contributed by atoms with E-state index in [0.717, 1.165) is 12.8 Å². The second-order valence-corrected chi connectivity index (χ2v) is 5.93. The molecule has 114 valence electrons. The Hall–Kier alpha value is -1.46. The van der Waals surface area contributed by atoms with Crippen LogP contribution >= 0.6 is 0 Å². The minimum absolute atomic E-state index is 0.177. The molecule has 0 aromatic heterocycles. The Morgan fingerprint density at radius 3 is 2.55 bits per heavy atom. The normalized spacial score (nSPS) is 24.5. The predicted octanol–water partition coefficient (Wildman–Crippen LogP) is 2.23. The fourth-order valence-corrected chi connectivity index (χ4v) is 3.23. The first kappa shape index (κ1) is 16.6. The highest BCUT2D eigenvalue weighted by Gasteiger charge is 2.55. The molecule has 1 rings (SSSR count). The number of carbonyl (C=O) groups is 2. The molecule has 0 spiro atoms. The van der Waals surface area contributed by atoms with Gasteiger partial charge in [0, 0.05) is 17.3 Å². The maximum atomic E-state index is 12.4. The van der Waals surface area contributed by atoms with E-state index in [2.05, 4.69) is 0 Å². The Labute approximate surface area is 119 Å². The lowest BCUT2D eigenvalue weighted by Crippen LogP contribution is -2.50. The summed E-state index contributed by atoms with van der Waals surface area (Å²) in [5.74, 6) is -1.20. The molecule has 20 heavy (non-hydrogen) atoms. The summed E-state index contributed by atoms with van der Waals surface area (Å²) in [7, 11) is 1.24. The summed E-state index contributed by atoms with van der Waals surface area (Å²) < 4.78 is 4.83. The van der Waals surface area contributed by atoms with E-state index in [9.17, 15) is 19.7 Å². The number of ether oxygens (including phenoxy) is 1. The predicted molar refractivity (Wildman–Crippen MR) is 72.7 cm³/mol. The topological polar surface area (TPSA) is 86.5 Å². The van der Waals surface area contributed by atoms with Crippen LogP contribution in [-0.2, 0) is 14.3 Å². The van der Waals surface area contributed by atoms with Gasteiger partial charge in [0.1, 0.15) is 5.41 Å². The van der Waals surface area contributed by atoms with Crippen LogP contribution < -0.4 is 0 Å². The van der Waals surface area contributed by atoms with Crippen LogP contribution in [0.2, 0.25) is 0 Å². The van der Waals surface area contributed by atoms with Gasteiger partial charge in [0.25, 0.3) is 0 Å². The molecule has 1 saturated carbocycles. The van der Waals surface area contributed by atoms with Gasteiger partial charge >= 0.3 is 5.97 Å². The van der Waals surface area contributed by atoms with Crippen molar-refractivity contribution in [2.45, 2.75) is 46.0 Å². The smallest absolute Gasteiger partial charge is 0.319 e. The maximum Gasteiger partial charge on any atom is 0.319 e. The van der Waals surface area contributed by atoms with Gasteiger partial charge in [-0.2, -0.15) is 0 Å². The molecular formula is C14H23NO5. The summed E-state index contributed by atoms with van der Waals surface area (Å²) in [6, 6.07) is 0. The summed E-state index contributed by atoms with van der Waals surface area (Å²) in [5.41, 5.74) is -1.32. The van der Waals surface area contributed by atoms with Gasteiger partial charge in [0.15, 0.2) is 5.78 Å². The van der Waals surface area contributed by atoms with Crippen molar-refractivity contribution in [1.29, 1.82) is 0 Å². The zero-order valence-electron chi connectivity index (χ0n) is 12.4. The van der Waals surface area contributed by atoms with Crippen molar-refractivity contribution in [3.63, 3.8) is 0 Å². The molecule has 1 aliphatic rings. The van der Waals surface area contributed by atoms with Crippen LogP contribution in [-0.4, -0.2) is 30.3 Å². The average Bonchev–Trinajstić information content (AvgIpc) is 2.36. The van der Waals surface area contributed by atoms with Crippen LogP contribution in [0.25, 0.3) is 0 Å². The number of ketones is 1. The number of carbonyl (C=O) groups excluding carboxylic acids is 2. The van der Waals surface area contributed by atoms with Crippen molar-refractivity contribution in [2.24, 2.45) is 17.3 Å². The van der Waals surface area contributed by atoms with Crippen LogP contribution in [0.3, 0.4) is 0 Å². The molecule has 2 atom stereocenters. The van der Waals surface area contributed by atoms with E-state index in [1.807, 2.05) is 13.8 Å². The standard InChI is InChI=1S/C14H23NO5/c1-10(2)8-11(9-15(18)19)14(13(17)20-3)7-5-4-6-12(14)16/h10-11H,4-9H2,1-3H3/t11-,14-/m1/s1. The molecule has 0 aliphatic heterocycles. The fourth-order valence-electron chi connectivity index (χ4n) is 3.23. The number of methoxy groups -OCH3 is 1. The average molecular weight is 285 g/mol. The van der Waals surface area contributed by atoms with Gasteiger partial charge in [-0.1, -0.05) is 20.3 Å². The molecule has 6 heteroatoms. The minimum Gasteiger partial charge on any atom is -0.468 e. The van der Waals surface area contributed by atoms with Crippen molar-refractivity contribution in [3.8, 4) is 0 Å². The Kier molecular flexibility index (Phi) is 5.65. The molecule has 1 fully saturated rings. The van der Waals surface area contributed by atoms with Crippen molar-refractivity contribution >= 4 is 11.8 Å². The van der Waals surface area contributed by atoms with Crippen molar-refractivity contribution in [1.82, 2.24) is 0 Å². The maximum absolute atomic E-state index is 12.4. The fraction of sp³-hybridized carbons (Fsp3) is 0.857. The molecule has 0 N–H and O–H groups in total. The van der Waals surface area contributed by atoms with E-state index in [-0.39, 0.29) is 18.2 Å². The molecule has 0 aromatic carbocycles. The lowest BCUT2D eigenvalue weighted by molar-refractivity contribution is -0.491. The molecular weight excluding hydrogens is 262 g/mol. The molecule has 0 saturated heterocycles. The Balaban J connectivity index is 3.18. The molecule has 0 heterocycles. The highest BCUT2D eigenvalue weighted by molar-refractivity contribution is 6.04. The van der Waals surface area contributed by atoms with Gasteiger partial charge in [-0.3, -0.25) is 19.7 Å². The van der Waals surface area contributed by atoms with Gasteiger partial charge in [0.2, 0.25) is 6.54 Å². The number of hydrogen-bond donors (Lipinski definition) is 0. The summed E-state index contributed by atoms with van der Waals surface area (Å²) in [6.45, 7) is 3.51. The van der Waals surface area contributed by atoms with E-state index in [4.69, 9.17) is 4.74 Å². The van der Waals surface area contributed by atoms with Crippen LogP contribution in [0.4, 0.5) is 0 Å². The first-order valence-corrected chi connectivity index (χ1v) is 7.08. The first-order valence-electron chi connectivity index (χ1n) is 7.08. The van der Waals surface area contributed by atoms with E-state index in [1.165, 1.54) is 7.11 Å². The highest BCUT2D eigenvalue weighted by Crippen LogP contribution is 2.43. The van der Waals surface area contributed by atoms with Crippen molar-refractivity contribution in [3.05, 3.63) is 10.1 Å². The Morgan fingerprint density at radius 2 is 2.10 bits per heavy atom. The van der Waals surface area contributed by atoms with E-state index in [0.29, 0.717) is 19.3 Å². The van der Waals surface area contributed by atoms with Crippen LogP contribution in [0.1, 0.15) is 46.0 Å². The largest absolute Gasteiger partial charge is 0.468 e. The molecule has 0 aromatic rings.